The van der Waals surface area contributed by atoms with Crippen LogP contribution in [0.2, 0.25) is 0 Å². The zero-order valence-corrected chi connectivity index (χ0v) is 22.5. The molecule has 2 heterocycles. The molecule has 1 atom stereocenters. The predicted octanol–water partition coefficient (Wildman–Crippen LogP) is 7.26. The van der Waals surface area contributed by atoms with Crippen LogP contribution < -0.4 is 0 Å². The fourth-order valence-corrected chi connectivity index (χ4v) is 4.26. The number of carbonyl (C=O) groups excluding carboxylic acids is 1. The first-order valence-electron chi connectivity index (χ1n) is 12.5. The number of aromatic nitrogens is 3. The molecule has 0 amide bonds. The summed E-state index contributed by atoms with van der Waals surface area (Å²) < 4.78 is 16.1. The fraction of sp³-hybridized carbons (Fsp3) is 0.367. The van der Waals surface area contributed by atoms with E-state index in [1.807, 2.05) is 33.8 Å². The van der Waals surface area contributed by atoms with Gasteiger partial charge in [0.25, 0.3) is 0 Å². The molecule has 4 rings (SSSR count). The van der Waals surface area contributed by atoms with Crippen LogP contribution in [0.5, 0.6) is 0 Å². The SMILES string of the molecule is C=Cc1cc(C(=O)CCc2ccc(F)c(CCC3=C(C)C(=C)C3C)c2)nc2cncn12.CC.CC.O.[HH]. The van der Waals surface area contributed by atoms with Gasteiger partial charge in [0.1, 0.15) is 17.8 Å². The smallest absolute Gasteiger partial charge is 0.181 e. The number of nitrogens with zero attached hydrogens (tertiary/aromatic N) is 3. The van der Waals surface area contributed by atoms with E-state index in [1.165, 1.54) is 22.8 Å². The number of benzene rings is 1. The van der Waals surface area contributed by atoms with Crippen LogP contribution in [0.3, 0.4) is 0 Å². The zero-order valence-electron chi connectivity index (χ0n) is 22.5. The third-order valence-corrected chi connectivity index (χ3v) is 6.33. The molecule has 0 saturated carbocycles. The van der Waals surface area contributed by atoms with Crippen LogP contribution in [-0.4, -0.2) is 25.6 Å². The first kappa shape index (κ1) is 30.7. The van der Waals surface area contributed by atoms with Crippen LogP contribution in [0.1, 0.15) is 83.1 Å². The van der Waals surface area contributed by atoms with Gasteiger partial charge in [-0.25, -0.2) is 14.4 Å². The highest BCUT2D eigenvalue weighted by Crippen LogP contribution is 2.41. The van der Waals surface area contributed by atoms with E-state index in [1.54, 1.807) is 35.1 Å². The highest BCUT2D eigenvalue weighted by molar-refractivity contribution is 5.95. The molecule has 1 aliphatic rings. The van der Waals surface area contributed by atoms with Gasteiger partial charge in [-0.1, -0.05) is 65.5 Å². The van der Waals surface area contributed by atoms with Crippen LogP contribution in [-0.2, 0) is 12.8 Å². The van der Waals surface area contributed by atoms with Gasteiger partial charge < -0.3 is 5.48 Å². The van der Waals surface area contributed by atoms with E-state index in [0.29, 0.717) is 42.1 Å². The van der Waals surface area contributed by atoms with Crippen molar-refractivity contribution in [1.82, 2.24) is 14.4 Å². The lowest BCUT2D eigenvalue weighted by atomic mass is 9.73. The maximum atomic E-state index is 14.3. The number of hydrogen-bond acceptors (Lipinski definition) is 3. The van der Waals surface area contributed by atoms with Gasteiger partial charge in [-0.05, 0) is 66.7 Å². The number of Topliss-reactive ketones (excluding diaryl/α,β-unsaturated/α-hetero) is 1. The number of fused-ring (bicyclic) bond motifs is 1. The van der Waals surface area contributed by atoms with Crippen LogP contribution in [0.4, 0.5) is 4.39 Å². The van der Waals surface area contributed by atoms with Crippen LogP contribution in [0.15, 0.2) is 66.7 Å². The van der Waals surface area contributed by atoms with E-state index in [2.05, 4.69) is 37.0 Å². The highest BCUT2D eigenvalue weighted by Gasteiger charge is 2.26. The van der Waals surface area contributed by atoms with Crippen molar-refractivity contribution in [2.75, 3.05) is 0 Å². The van der Waals surface area contributed by atoms with Crippen molar-refractivity contribution in [1.29, 1.82) is 0 Å². The maximum absolute atomic E-state index is 14.3. The number of ketones is 1. The average Bonchev–Trinajstić information content (AvgIpc) is 3.39. The van der Waals surface area contributed by atoms with Gasteiger partial charge >= 0.3 is 0 Å². The summed E-state index contributed by atoms with van der Waals surface area (Å²) in [4.78, 5) is 21.2. The second-order valence-corrected chi connectivity index (χ2v) is 8.14. The average molecular weight is 496 g/mol. The minimum atomic E-state index is -0.192. The molecule has 3 aromatic rings. The van der Waals surface area contributed by atoms with E-state index in [4.69, 9.17) is 0 Å². The Morgan fingerprint density at radius 3 is 2.50 bits per heavy atom. The molecule has 0 spiro atoms. The lowest BCUT2D eigenvalue weighted by Crippen LogP contribution is -2.17. The Morgan fingerprint density at radius 2 is 1.86 bits per heavy atom. The third-order valence-electron chi connectivity index (χ3n) is 6.33. The molecule has 1 aromatic carbocycles. The molecule has 6 heteroatoms. The topological polar surface area (TPSA) is 78.8 Å². The Morgan fingerprint density at radius 1 is 1.17 bits per heavy atom. The monoisotopic (exact) mass is 495 g/mol. The van der Waals surface area contributed by atoms with Crippen molar-refractivity contribution in [3.8, 4) is 0 Å². The van der Waals surface area contributed by atoms with E-state index < -0.39 is 0 Å². The Labute approximate surface area is 216 Å². The highest BCUT2D eigenvalue weighted by atomic mass is 19.1. The summed E-state index contributed by atoms with van der Waals surface area (Å²) in [5, 5.41) is 0. The Hall–Kier alpha value is -3.38. The molecule has 0 bridgehead atoms. The van der Waals surface area contributed by atoms with Crippen molar-refractivity contribution in [3.05, 3.63) is 95.0 Å². The summed E-state index contributed by atoms with van der Waals surface area (Å²) in [6.07, 6.45) is 7.27. The summed E-state index contributed by atoms with van der Waals surface area (Å²) in [5.41, 5.74) is 7.24. The summed E-state index contributed by atoms with van der Waals surface area (Å²) in [6, 6.07) is 6.88. The van der Waals surface area contributed by atoms with Gasteiger partial charge in [0, 0.05) is 13.8 Å². The lowest BCUT2D eigenvalue weighted by Gasteiger charge is -2.32. The molecular formula is C30H42FN3O2. The second kappa shape index (κ2) is 14.2. The minimum absolute atomic E-state index is 0. The van der Waals surface area contributed by atoms with Gasteiger partial charge in [0.2, 0.25) is 0 Å². The van der Waals surface area contributed by atoms with Crippen LogP contribution >= 0.6 is 0 Å². The molecule has 36 heavy (non-hydrogen) atoms. The largest absolute Gasteiger partial charge is 0.412 e. The first-order valence-corrected chi connectivity index (χ1v) is 12.5. The van der Waals surface area contributed by atoms with Crippen molar-refractivity contribution in [2.45, 2.75) is 67.2 Å². The van der Waals surface area contributed by atoms with Crippen molar-refractivity contribution in [3.63, 3.8) is 0 Å². The van der Waals surface area contributed by atoms with E-state index in [-0.39, 0.29) is 18.5 Å². The van der Waals surface area contributed by atoms with Crippen LogP contribution in [0.25, 0.3) is 11.7 Å². The first-order chi connectivity index (χ1) is 16.9. The molecule has 196 valence electrons. The predicted molar refractivity (Wildman–Crippen MR) is 150 cm³/mol. The second-order valence-electron chi connectivity index (χ2n) is 8.14. The molecule has 0 radical (unpaired) electrons. The molecule has 5 nitrogen and oxygen atoms in total. The standard InChI is InChI=1S/C26H26FN3O.2C2H6.H2O.H2/c1-5-21-13-24(29-26-14-28-15-30(21)26)25(31)11-7-19-6-10-23(27)20(12-19)8-9-22-17(3)16(2)18(22)4;2*1-2;;/h5-6,10,12-15,17H,1-2,7-9,11H2,3-4H3;2*1-2H3;1H2;1H. The van der Waals surface area contributed by atoms with Crippen molar-refractivity contribution in [2.24, 2.45) is 5.92 Å². The number of halogens is 1. The summed E-state index contributed by atoms with van der Waals surface area (Å²) in [7, 11) is 0. The zero-order chi connectivity index (χ0) is 26.1. The van der Waals surface area contributed by atoms with Gasteiger partial charge in [-0.3, -0.25) is 9.20 Å². The maximum Gasteiger partial charge on any atom is 0.181 e. The lowest BCUT2D eigenvalue weighted by molar-refractivity contribution is 0.0978. The number of aryl methyl sites for hydroxylation is 2. The summed E-state index contributed by atoms with van der Waals surface area (Å²) in [6.45, 7) is 20.1. The molecule has 1 unspecified atom stereocenters. The Bertz CT molecular complexity index is 1250. The molecule has 1 aliphatic carbocycles. The number of hydrogen-bond donors (Lipinski definition) is 0. The summed E-state index contributed by atoms with van der Waals surface area (Å²) in [5.74, 6) is 0.146. The van der Waals surface area contributed by atoms with Crippen LogP contribution in [0, 0.1) is 11.7 Å². The van der Waals surface area contributed by atoms with Gasteiger partial charge in [-0.15, -0.1) is 0 Å². The minimum Gasteiger partial charge on any atom is -0.412 e. The van der Waals surface area contributed by atoms with E-state index in [0.717, 1.165) is 17.7 Å². The van der Waals surface area contributed by atoms with Crippen molar-refractivity contribution >= 4 is 17.5 Å². The molecule has 0 fully saturated rings. The number of allylic oxidation sites excluding steroid dienone is 3. The Balaban J connectivity index is 0.00000206. The number of carbonyl (C=O) groups is 1. The third kappa shape index (κ3) is 6.64. The van der Waals surface area contributed by atoms with Gasteiger partial charge in [0.15, 0.2) is 11.4 Å². The van der Waals surface area contributed by atoms with Crippen molar-refractivity contribution < 1.29 is 16.1 Å². The Kier molecular flexibility index (Phi) is 12.1. The molecule has 0 aliphatic heterocycles. The molecule has 2 N–H and O–H groups in total. The molecular weight excluding hydrogens is 453 g/mol. The van der Waals surface area contributed by atoms with E-state index in [9.17, 15) is 9.18 Å². The van der Waals surface area contributed by atoms with Gasteiger partial charge in [0.05, 0.1) is 11.9 Å². The van der Waals surface area contributed by atoms with E-state index >= 15 is 0 Å². The number of rotatable bonds is 8. The molecule has 0 saturated heterocycles. The fourth-order valence-electron chi connectivity index (χ4n) is 4.26. The quantitative estimate of drug-likeness (QED) is 0.309. The summed E-state index contributed by atoms with van der Waals surface area (Å²) >= 11 is 0. The number of imidazole rings is 1. The normalized spacial score (nSPS) is 14.1. The van der Waals surface area contributed by atoms with Gasteiger partial charge in [-0.2, -0.15) is 0 Å². The molecule has 2 aromatic heterocycles.